The predicted molar refractivity (Wildman–Crippen MR) is 53.7 cm³/mol. The topological polar surface area (TPSA) is 125 Å². The van der Waals surface area contributed by atoms with Crippen LogP contribution in [0.25, 0.3) is 0 Å². The zero-order chi connectivity index (χ0) is 12.1. The number of carboxylic acid groups (broad SMARTS) is 1. The number of nitrogens with one attached hydrogen (secondary N) is 1. The van der Waals surface area contributed by atoms with E-state index in [2.05, 4.69) is 10.3 Å². The quantitative estimate of drug-likeness (QED) is 0.475. The molecule has 88 valence electrons. The van der Waals surface area contributed by atoms with E-state index < -0.39 is 18.4 Å². The molecule has 0 aromatic rings. The number of amides is 2. The highest BCUT2D eigenvalue weighted by atomic mass is 16.4. The van der Waals surface area contributed by atoms with Crippen LogP contribution in [0.4, 0.5) is 0 Å². The maximum atomic E-state index is 11.3. The van der Waals surface area contributed by atoms with Gasteiger partial charge < -0.3 is 16.2 Å². The van der Waals surface area contributed by atoms with Crippen LogP contribution in [0.15, 0.2) is 4.99 Å². The summed E-state index contributed by atoms with van der Waals surface area (Å²) in [5.74, 6) is -1.67. The molecule has 0 bridgehead atoms. The van der Waals surface area contributed by atoms with Crippen molar-refractivity contribution in [3.05, 3.63) is 0 Å². The first-order valence-corrected chi connectivity index (χ1v) is 4.57. The number of nitrogens with two attached hydrogens (primary N) is 1. The molecule has 1 aliphatic heterocycles. The largest absolute Gasteiger partial charge is 0.480 e. The third-order valence-electron chi connectivity index (χ3n) is 1.93. The second kappa shape index (κ2) is 5.21. The molecule has 2 amide bonds. The summed E-state index contributed by atoms with van der Waals surface area (Å²) < 4.78 is 0. The number of rotatable bonds is 5. The minimum atomic E-state index is -1.14. The first kappa shape index (κ1) is 12.1. The molecule has 8 heteroatoms. The van der Waals surface area contributed by atoms with Crippen molar-refractivity contribution < 1.29 is 19.5 Å². The molecule has 1 aliphatic rings. The average Bonchev–Trinajstić information content (AvgIpc) is 2.57. The highest BCUT2D eigenvalue weighted by Crippen LogP contribution is 2.01. The van der Waals surface area contributed by atoms with E-state index in [0.717, 1.165) is 4.90 Å². The SMILES string of the molecule is NCC1=NCC(=O)N1CC(=O)NCC(=O)O. The van der Waals surface area contributed by atoms with Crippen LogP contribution >= 0.6 is 0 Å². The van der Waals surface area contributed by atoms with Gasteiger partial charge >= 0.3 is 5.97 Å². The zero-order valence-electron chi connectivity index (χ0n) is 8.47. The minimum Gasteiger partial charge on any atom is -0.480 e. The Balaban J connectivity index is 2.47. The molecule has 0 fully saturated rings. The highest BCUT2D eigenvalue weighted by Gasteiger charge is 2.26. The van der Waals surface area contributed by atoms with Crippen molar-refractivity contribution in [3.8, 4) is 0 Å². The van der Waals surface area contributed by atoms with Gasteiger partial charge in [-0.15, -0.1) is 0 Å². The van der Waals surface area contributed by atoms with Crippen LogP contribution < -0.4 is 11.1 Å². The Morgan fingerprint density at radius 2 is 2.25 bits per heavy atom. The van der Waals surface area contributed by atoms with Gasteiger partial charge in [0.15, 0.2) is 0 Å². The molecule has 0 aromatic heterocycles. The Kier molecular flexibility index (Phi) is 3.95. The molecule has 0 unspecified atom stereocenters. The van der Waals surface area contributed by atoms with Crippen molar-refractivity contribution in [1.82, 2.24) is 10.2 Å². The Morgan fingerprint density at radius 1 is 1.56 bits per heavy atom. The Labute approximate surface area is 91.1 Å². The highest BCUT2D eigenvalue weighted by molar-refractivity contribution is 6.07. The van der Waals surface area contributed by atoms with Crippen molar-refractivity contribution in [2.45, 2.75) is 0 Å². The van der Waals surface area contributed by atoms with Gasteiger partial charge in [-0.1, -0.05) is 0 Å². The van der Waals surface area contributed by atoms with Gasteiger partial charge in [-0.25, -0.2) is 0 Å². The number of aliphatic imine (C=N–C) groups is 1. The fraction of sp³-hybridized carbons (Fsp3) is 0.500. The van der Waals surface area contributed by atoms with E-state index in [0.29, 0.717) is 5.84 Å². The molecule has 1 rings (SSSR count). The van der Waals surface area contributed by atoms with E-state index in [1.54, 1.807) is 0 Å². The number of carboxylic acids is 1. The maximum Gasteiger partial charge on any atom is 0.322 e. The number of nitrogens with zero attached hydrogens (tertiary/aromatic N) is 2. The smallest absolute Gasteiger partial charge is 0.322 e. The molecule has 0 saturated carbocycles. The summed E-state index contributed by atoms with van der Waals surface area (Å²) >= 11 is 0. The summed E-state index contributed by atoms with van der Waals surface area (Å²) in [7, 11) is 0. The van der Waals surface area contributed by atoms with E-state index in [1.807, 2.05) is 0 Å². The number of hydrogen-bond acceptors (Lipinski definition) is 5. The molecule has 0 aromatic carbocycles. The third-order valence-corrected chi connectivity index (χ3v) is 1.93. The lowest BCUT2D eigenvalue weighted by Gasteiger charge is -2.16. The average molecular weight is 228 g/mol. The summed E-state index contributed by atoms with van der Waals surface area (Å²) in [6.07, 6.45) is 0. The molecule has 1 heterocycles. The second-order valence-corrected chi connectivity index (χ2v) is 3.09. The molecular formula is C8H12N4O4. The van der Waals surface area contributed by atoms with Crippen LogP contribution in [0.3, 0.4) is 0 Å². The Hall–Kier alpha value is -1.96. The van der Waals surface area contributed by atoms with Crippen LogP contribution in [0, 0.1) is 0 Å². The fourth-order valence-corrected chi connectivity index (χ4v) is 1.20. The molecule has 0 radical (unpaired) electrons. The van der Waals surface area contributed by atoms with Gasteiger partial charge in [-0.05, 0) is 0 Å². The summed E-state index contributed by atoms with van der Waals surface area (Å²) in [4.78, 5) is 37.7. The Morgan fingerprint density at radius 3 is 2.81 bits per heavy atom. The number of carbonyl (C=O) groups is 3. The van der Waals surface area contributed by atoms with E-state index in [4.69, 9.17) is 10.8 Å². The molecular weight excluding hydrogens is 216 g/mol. The Bertz CT molecular complexity index is 352. The first-order chi connectivity index (χ1) is 7.54. The first-order valence-electron chi connectivity index (χ1n) is 4.57. The van der Waals surface area contributed by atoms with E-state index in [-0.39, 0.29) is 25.5 Å². The van der Waals surface area contributed by atoms with Gasteiger partial charge in [0.25, 0.3) is 0 Å². The monoisotopic (exact) mass is 228 g/mol. The van der Waals surface area contributed by atoms with Crippen molar-refractivity contribution in [3.63, 3.8) is 0 Å². The maximum absolute atomic E-state index is 11.3. The number of carbonyl (C=O) groups excluding carboxylic acids is 2. The normalized spacial score (nSPS) is 14.9. The summed E-state index contributed by atoms with van der Waals surface area (Å²) in [6, 6.07) is 0. The molecule has 16 heavy (non-hydrogen) atoms. The lowest BCUT2D eigenvalue weighted by Crippen LogP contribution is -2.44. The zero-order valence-corrected chi connectivity index (χ0v) is 8.47. The van der Waals surface area contributed by atoms with Gasteiger partial charge in [0.2, 0.25) is 11.8 Å². The van der Waals surface area contributed by atoms with Crippen LogP contribution in [0.2, 0.25) is 0 Å². The summed E-state index contributed by atoms with van der Waals surface area (Å²) in [6.45, 7) is -0.672. The molecule has 0 saturated heterocycles. The van der Waals surface area contributed by atoms with Crippen LogP contribution in [-0.4, -0.2) is 59.8 Å². The minimum absolute atomic E-state index is 0.0151. The van der Waals surface area contributed by atoms with Gasteiger partial charge in [-0.2, -0.15) is 0 Å². The number of hydrogen-bond donors (Lipinski definition) is 3. The van der Waals surface area contributed by atoms with E-state index in [9.17, 15) is 14.4 Å². The predicted octanol–water partition coefficient (Wildman–Crippen LogP) is -2.61. The second-order valence-electron chi connectivity index (χ2n) is 3.09. The van der Waals surface area contributed by atoms with Crippen LogP contribution in [-0.2, 0) is 14.4 Å². The molecule has 8 nitrogen and oxygen atoms in total. The lowest BCUT2D eigenvalue weighted by atomic mass is 10.4. The van der Waals surface area contributed by atoms with Crippen LogP contribution in [0.5, 0.6) is 0 Å². The van der Waals surface area contributed by atoms with Gasteiger partial charge in [0.05, 0.1) is 6.54 Å². The van der Waals surface area contributed by atoms with Crippen LogP contribution in [0.1, 0.15) is 0 Å². The van der Waals surface area contributed by atoms with Gasteiger partial charge in [0, 0.05) is 0 Å². The number of aliphatic carboxylic acids is 1. The van der Waals surface area contributed by atoms with E-state index >= 15 is 0 Å². The van der Waals surface area contributed by atoms with Crippen molar-refractivity contribution in [2.24, 2.45) is 10.7 Å². The van der Waals surface area contributed by atoms with Crippen molar-refractivity contribution in [2.75, 3.05) is 26.2 Å². The molecule has 0 spiro atoms. The van der Waals surface area contributed by atoms with Gasteiger partial charge in [-0.3, -0.25) is 24.3 Å². The third kappa shape index (κ3) is 3.02. The molecule has 4 N–H and O–H groups in total. The standard InChI is InChI=1S/C8H12N4O4/c9-1-5-10-2-7(14)12(5)4-6(13)11-3-8(15)16/h1-4,9H2,(H,11,13)(H,15,16). The summed E-state index contributed by atoms with van der Waals surface area (Å²) in [5, 5.41) is 10.5. The molecule has 0 aliphatic carbocycles. The molecule has 0 atom stereocenters. The van der Waals surface area contributed by atoms with Crippen molar-refractivity contribution >= 4 is 23.6 Å². The number of amidine groups is 1. The summed E-state index contributed by atoms with van der Waals surface area (Å²) in [5.41, 5.74) is 5.33. The van der Waals surface area contributed by atoms with Gasteiger partial charge in [0.1, 0.15) is 25.5 Å². The van der Waals surface area contributed by atoms with Crippen molar-refractivity contribution in [1.29, 1.82) is 0 Å². The van der Waals surface area contributed by atoms with E-state index in [1.165, 1.54) is 0 Å². The fourth-order valence-electron chi connectivity index (χ4n) is 1.20. The lowest BCUT2D eigenvalue weighted by molar-refractivity contribution is -0.138.